The van der Waals surface area contributed by atoms with Crippen LogP contribution in [0.4, 0.5) is 0 Å². The largest absolute Gasteiger partial charge is 0.497 e. The Kier molecular flexibility index (Phi) is 6.27. The molecule has 0 saturated carbocycles. The third kappa shape index (κ3) is 4.87. The van der Waals surface area contributed by atoms with Gasteiger partial charge in [-0.15, -0.1) is 0 Å². The smallest absolute Gasteiger partial charge is 0.118 e. The molecule has 0 bridgehead atoms. The second kappa shape index (κ2) is 8.20. The number of hydrogen-bond donors (Lipinski definition) is 1. The van der Waals surface area contributed by atoms with Crippen LogP contribution in [0.5, 0.6) is 5.75 Å². The first-order valence-corrected chi connectivity index (χ1v) is 8.14. The van der Waals surface area contributed by atoms with E-state index in [9.17, 15) is 0 Å². The quantitative estimate of drug-likeness (QED) is 0.780. The number of hydrogen-bond acceptors (Lipinski definition) is 2. The first-order chi connectivity index (χ1) is 10.2. The van der Waals surface area contributed by atoms with Gasteiger partial charge in [0.2, 0.25) is 0 Å². The molecule has 0 aliphatic heterocycles. The number of ether oxygens (including phenoxy) is 1. The lowest BCUT2D eigenvalue weighted by atomic mass is 9.98. The van der Waals surface area contributed by atoms with Crippen molar-refractivity contribution in [2.45, 2.75) is 25.8 Å². The highest BCUT2D eigenvalue weighted by molar-refractivity contribution is 9.10. The molecule has 0 radical (unpaired) electrons. The van der Waals surface area contributed by atoms with Crippen molar-refractivity contribution in [1.29, 1.82) is 0 Å². The monoisotopic (exact) mass is 347 g/mol. The van der Waals surface area contributed by atoms with Crippen molar-refractivity contribution < 1.29 is 4.74 Å². The summed E-state index contributed by atoms with van der Waals surface area (Å²) >= 11 is 3.56. The molecule has 0 saturated heterocycles. The molecule has 0 aromatic heterocycles. The van der Waals surface area contributed by atoms with Crippen LogP contribution in [0.15, 0.2) is 53.0 Å². The first-order valence-electron chi connectivity index (χ1n) is 7.34. The fourth-order valence-corrected chi connectivity index (χ4v) is 2.76. The van der Waals surface area contributed by atoms with Crippen LogP contribution in [0.2, 0.25) is 0 Å². The zero-order valence-electron chi connectivity index (χ0n) is 12.6. The van der Waals surface area contributed by atoms with Crippen LogP contribution >= 0.6 is 15.9 Å². The molecule has 2 nitrogen and oxygen atoms in total. The average Bonchev–Trinajstić information content (AvgIpc) is 2.52. The van der Waals surface area contributed by atoms with Gasteiger partial charge in [0, 0.05) is 10.5 Å². The minimum Gasteiger partial charge on any atom is -0.497 e. The molecule has 2 rings (SSSR count). The van der Waals surface area contributed by atoms with E-state index in [-0.39, 0.29) is 0 Å². The molecular weight excluding hydrogens is 326 g/mol. The highest BCUT2D eigenvalue weighted by atomic mass is 79.9. The van der Waals surface area contributed by atoms with Gasteiger partial charge in [0.15, 0.2) is 0 Å². The van der Waals surface area contributed by atoms with E-state index in [0.717, 1.165) is 29.6 Å². The van der Waals surface area contributed by atoms with Crippen molar-refractivity contribution in [3.05, 3.63) is 64.1 Å². The van der Waals surface area contributed by atoms with Gasteiger partial charge in [0.25, 0.3) is 0 Å². The van der Waals surface area contributed by atoms with E-state index in [4.69, 9.17) is 4.74 Å². The second-order valence-electron chi connectivity index (χ2n) is 5.11. The molecule has 0 heterocycles. The maximum Gasteiger partial charge on any atom is 0.118 e. The van der Waals surface area contributed by atoms with E-state index in [1.807, 2.05) is 12.1 Å². The molecule has 21 heavy (non-hydrogen) atoms. The summed E-state index contributed by atoms with van der Waals surface area (Å²) < 4.78 is 6.34. The van der Waals surface area contributed by atoms with Crippen LogP contribution in [0.3, 0.4) is 0 Å². The predicted octanol–water partition coefficient (Wildman–Crippen LogP) is 4.74. The van der Waals surface area contributed by atoms with Crippen LogP contribution in [-0.2, 0) is 6.42 Å². The maximum absolute atomic E-state index is 5.22. The molecule has 3 heteroatoms. The molecular formula is C18H22BrNO. The van der Waals surface area contributed by atoms with Gasteiger partial charge in [0.1, 0.15) is 5.75 Å². The van der Waals surface area contributed by atoms with Gasteiger partial charge in [-0.05, 0) is 54.8 Å². The Balaban J connectivity index is 2.15. The van der Waals surface area contributed by atoms with Crippen molar-refractivity contribution in [2.24, 2.45) is 0 Å². The van der Waals surface area contributed by atoms with Crippen molar-refractivity contribution in [3.8, 4) is 5.75 Å². The Hall–Kier alpha value is -1.32. The lowest BCUT2D eigenvalue weighted by Crippen LogP contribution is -2.24. The van der Waals surface area contributed by atoms with Gasteiger partial charge < -0.3 is 10.1 Å². The van der Waals surface area contributed by atoms with Crippen molar-refractivity contribution in [3.63, 3.8) is 0 Å². The summed E-state index contributed by atoms with van der Waals surface area (Å²) in [5.41, 5.74) is 2.62. The molecule has 2 aromatic rings. The minimum absolute atomic E-state index is 0.329. The van der Waals surface area contributed by atoms with Gasteiger partial charge in [0.05, 0.1) is 7.11 Å². The van der Waals surface area contributed by atoms with Crippen LogP contribution < -0.4 is 10.1 Å². The highest BCUT2D eigenvalue weighted by Crippen LogP contribution is 2.23. The minimum atomic E-state index is 0.329. The fraction of sp³-hybridized carbons (Fsp3) is 0.333. The number of rotatable bonds is 7. The molecule has 1 unspecified atom stereocenters. The lowest BCUT2D eigenvalue weighted by molar-refractivity contribution is 0.414. The maximum atomic E-state index is 5.22. The zero-order valence-corrected chi connectivity index (χ0v) is 14.2. The Morgan fingerprint density at radius 1 is 1.14 bits per heavy atom. The number of nitrogens with one attached hydrogen (secondary N) is 1. The van der Waals surface area contributed by atoms with Crippen LogP contribution in [0.25, 0.3) is 0 Å². The van der Waals surface area contributed by atoms with E-state index in [0.29, 0.717) is 6.04 Å². The third-order valence-electron chi connectivity index (χ3n) is 3.49. The topological polar surface area (TPSA) is 21.3 Å². The van der Waals surface area contributed by atoms with Gasteiger partial charge in [-0.2, -0.15) is 0 Å². The molecule has 0 aliphatic rings. The van der Waals surface area contributed by atoms with Gasteiger partial charge in [-0.3, -0.25) is 0 Å². The summed E-state index contributed by atoms with van der Waals surface area (Å²) in [6.07, 6.45) is 2.10. The summed E-state index contributed by atoms with van der Waals surface area (Å²) in [7, 11) is 1.70. The lowest BCUT2D eigenvalue weighted by Gasteiger charge is -2.19. The van der Waals surface area contributed by atoms with Crippen LogP contribution in [-0.4, -0.2) is 13.7 Å². The summed E-state index contributed by atoms with van der Waals surface area (Å²) in [4.78, 5) is 0. The molecule has 0 aliphatic carbocycles. The number of methoxy groups -OCH3 is 1. The molecule has 1 atom stereocenters. The van der Waals surface area contributed by atoms with E-state index in [1.54, 1.807) is 7.11 Å². The predicted molar refractivity (Wildman–Crippen MR) is 91.9 cm³/mol. The molecule has 112 valence electrons. The first kappa shape index (κ1) is 16.1. The SMILES string of the molecule is CCCNC(Cc1ccc(OC)cc1)c1cccc(Br)c1. The Morgan fingerprint density at radius 3 is 2.52 bits per heavy atom. The molecule has 1 N–H and O–H groups in total. The van der Waals surface area contributed by atoms with E-state index in [1.165, 1.54) is 11.1 Å². The Labute approximate surface area is 135 Å². The van der Waals surface area contributed by atoms with Crippen LogP contribution in [0.1, 0.15) is 30.5 Å². The summed E-state index contributed by atoms with van der Waals surface area (Å²) in [5, 5.41) is 3.64. The van der Waals surface area contributed by atoms with E-state index >= 15 is 0 Å². The van der Waals surface area contributed by atoms with Crippen molar-refractivity contribution in [1.82, 2.24) is 5.32 Å². The van der Waals surface area contributed by atoms with E-state index < -0.39 is 0 Å². The Bertz CT molecular complexity index is 553. The zero-order chi connectivity index (χ0) is 15.1. The summed E-state index contributed by atoms with van der Waals surface area (Å²) in [6, 6.07) is 17.2. The number of benzene rings is 2. The normalized spacial score (nSPS) is 12.1. The van der Waals surface area contributed by atoms with Gasteiger partial charge in [-0.1, -0.05) is 47.1 Å². The molecule has 2 aromatic carbocycles. The Morgan fingerprint density at radius 2 is 1.90 bits per heavy atom. The van der Waals surface area contributed by atoms with E-state index in [2.05, 4.69) is 64.6 Å². The highest BCUT2D eigenvalue weighted by Gasteiger charge is 2.12. The summed E-state index contributed by atoms with van der Waals surface area (Å²) in [5.74, 6) is 0.902. The van der Waals surface area contributed by atoms with Crippen molar-refractivity contribution >= 4 is 15.9 Å². The van der Waals surface area contributed by atoms with Gasteiger partial charge in [-0.25, -0.2) is 0 Å². The van der Waals surface area contributed by atoms with Crippen LogP contribution in [0, 0.1) is 0 Å². The molecule has 0 amide bonds. The van der Waals surface area contributed by atoms with Crippen molar-refractivity contribution in [2.75, 3.05) is 13.7 Å². The third-order valence-corrected chi connectivity index (χ3v) is 3.98. The molecule has 0 fully saturated rings. The van der Waals surface area contributed by atoms with Gasteiger partial charge >= 0.3 is 0 Å². The second-order valence-corrected chi connectivity index (χ2v) is 6.03. The average molecular weight is 348 g/mol. The fourth-order valence-electron chi connectivity index (χ4n) is 2.35. The number of halogens is 1. The molecule has 0 spiro atoms. The standard InChI is InChI=1S/C18H22BrNO/c1-3-11-20-18(15-5-4-6-16(19)13-15)12-14-7-9-17(21-2)10-8-14/h4-10,13,18,20H,3,11-12H2,1-2H3. The summed E-state index contributed by atoms with van der Waals surface area (Å²) in [6.45, 7) is 3.21.